The van der Waals surface area contributed by atoms with E-state index in [1.807, 2.05) is 18.2 Å². The van der Waals surface area contributed by atoms with Gasteiger partial charge in [-0.2, -0.15) is 0 Å². The normalized spacial score (nSPS) is 23.0. The average molecular weight is 289 g/mol. The summed E-state index contributed by atoms with van der Waals surface area (Å²) in [6.07, 6.45) is 3.96. The minimum Gasteiger partial charge on any atom is -0.493 e. The van der Waals surface area contributed by atoms with Crippen molar-refractivity contribution in [2.24, 2.45) is 17.1 Å². The lowest BCUT2D eigenvalue weighted by molar-refractivity contribution is -0.153. The van der Waals surface area contributed by atoms with Gasteiger partial charge in [0.15, 0.2) is 0 Å². The third-order valence-corrected chi connectivity index (χ3v) is 4.82. The van der Waals surface area contributed by atoms with Gasteiger partial charge in [-0.25, -0.2) is 0 Å². The lowest BCUT2D eigenvalue weighted by Crippen LogP contribution is -2.41. The van der Waals surface area contributed by atoms with Gasteiger partial charge >= 0.3 is 5.97 Å². The first-order valence-electron chi connectivity index (χ1n) is 7.69. The van der Waals surface area contributed by atoms with Gasteiger partial charge in [-0.3, -0.25) is 4.79 Å². The summed E-state index contributed by atoms with van der Waals surface area (Å²) < 4.78 is 10.8. The molecular weight excluding hydrogens is 266 g/mol. The Morgan fingerprint density at radius 3 is 2.81 bits per heavy atom. The molecular formula is C17H23NO3. The molecule has 1 aromatic carbocycles. The van der Waals surface area contributed by atoms with Gasteiger partial charge in [0, 0.05) is 18.0 Å². The van der Waals surface area contributed by atoms with E-state index in [-0.39, 0.29) is 11.9 Å². The molecule has 1 heterocycles. The zero-order valence-corrected chi connectivity index (χ0v) is 12.5. The van der Waals surface area contributed by atoms with E-state index in [9.17, 15) is 4.79 Å². The summed E-state index contributed by atoms with van der Waals surface area (Å²) in [5.74, 6) is 1.62. The van der Waals surface area contributed by atoms with Gasteiger partial charge in [0.1, 0.15) is 5.75 Å². The molecule has 3 rings (SSSR count). The molecule has 0 saturated heterocycles. The molecule has 2 atom stereocenters. The van der Waals surface area contributed by atoms with Crippen molar-refractivity contribution in [1.29, 1.82) is 0 Å². The van der Waals surface area contributed by atoms with E-state index in [4.69, 9.17) is 15.2 Å². The van der Waals surface area contributed by atoms with Crippen molar-refractivity contribution >= 4 is 5.97 Å². The highest BCUT2D eigenvalue weighted by Crippen LogP contribution is 2.47. The van der Waals surface area contributed by atoms with Crippen molar-refractivity contribution in [1.82, 2.24) is 0 Å². The van der Waals surface area contributed by atoms with Crippen LogP contribution < -0.4 is 10.5 Å². The van der Waals surface area contributed by atoms with Crippen LogP contribution in [0.2, 0.25) is 0 Å². The molecule has 1 fully saturated rings. The Morgan fingerprint density at radius 1 is 1.38 bits per heavy atom. The van der Waals surface area contributed by atoms with E-state index in [0.29, 0.717) is 25.5 Å². The predicted molar refractivity (Wildman–Crippen MR) is 80.1 cm³/mol. The smallest absolute Gasteiger partial charge is 0.313 e. The topological polar surface area (TPSA) is 61.5 Å². The van der Waals surface area contributed by atoms with Crippen molar-refractivity contribution in [2.45, 2.75) is 31.6 Å². The molecule has 0 radical (unpaired) electrons. The van der Waals surface area contributed by atoms with Crippen molar-refractivity contribution in [3.8, 4) is 5.75 Å². The van der Waals surface area contributed by atoms with Crippen LogP contribution in [0.1, 0.15) is 37.2 Å². The number of hydrogen-bond donors (Lipinski definition) is 1. The number of rotatable bonds is 6. The van der Waals surface area contributed by atoms with E-state index in [0.717, 1.165) is 12.2 Å². The molecule has 2 aliphatic rings. The summed E-state index contributed by atoms with van der Waals surface area (Å²) >= 11 is 0. The summed E-state index contributed by atoms with van der Waals surface area (Å²) in [5, 5.41) is 0. The fourth-order valence-corrected chi connectivity index (χ4v) is 3.46. The van der Waals surface area contributed by atoms with E-state index in [1.165, 1.54) is 25.5 Å². The molecule has 2 N–H and O–H groups in total. The molecule has 4 heteroatoms. The zero-order chi connectivity index (χ0) is 14.9. The molecule has 0 amide bonds. The zero-order valence-electron chi connectivity index (χ0n) is 12.5. The summed E-state index contributed by atoms with van der Waals surface area (Å²) in [7, 11) is 1.46. The highest BCUT2D eigenvalue weighted by atomic mass is 16.5. The van der Waals surface area contributed by atoms with Crippen molar-refractivity contribution in [3.05, 3.63) is 29.8 Å². The molecule has 114 valence electrons. The number of ether oxygens (including phenoxy) is 2. The van der Waals surface area contributed by atoms with E-state index in [2.05, 4.69) is 6.07 Å². The van der Waals surface area contributed by atoms with Crippen molar-refractivity contribution in [3.63, 3.8) is 0 Å². The average Bonchev–Trinajstić information content (AvgIpc) is 3.25. The number of hydrogen-bond acceptors (Lipinski definition) is 4. The molecule has 1 aromatic rings. The number of para-hydroxylation sites is 1. The molecule has 0 spiro atoms. The van der Waals surface area contributed by atoms with Crippen molar-refractivity contribution in [2.75, 3.05) is 20.3 Å². The van der Waals surface area contributed by atoms with Crippen LogP contribution in [-0.4, -0.2) is 26.2 Å². The number of carbonyl (C=O) groups is 1. The number of benzene rings is 1. The number of esters is 1. The Balaban J connectivity index is 1.82. The Morgan fingerprint density at radius 2 is 2.14 bits per heavy atom. The third kappa shape index (κ3) is 2.77. The maximum Gasteiger partial charge on any atom is 0.313 e. The van der Waals surface area contributed by atoms with Crippen LogP contribution in [0.5, 0.6) is 5.75 Å². The Bertz CT molecular complexity index is 527. The molecule has 4 nitrogen and oxygen atoms in total. The maximum atomic E-state index is 12.4. The minimum absolute atomic E-state index is 0.165. The van der Waals surface area contributed by atoms with Crippen LogP contribution in [0.25, 0.3) is 0 Å². The van der Waals surface area contributed by atoms with Gasteiger partial charge in [0.2, 0.25) is 0 Å². The van der Waals surface area contributed by atoms with Gasteiger partial charge < -0.3 is 15.2 Å². The summed E-state index contributed by atoms with van der Waals surface area (Å²) in [5.41, 5.74) is 6.64. The highest BCUT2D eigenvalue weighted by Gasteiger charge is 2.45. The van der Waals surface area contributed by atoms with Gasteiger partial charge in [-0.05, 0) is 24.8 Å². The van der Waals surface area contributed by atoms with Crippen LogP contribution in [0.4, 0.5) is 0 Å². The monoisotopic (exact) mass is 289 g/mol. The van der Waals surface area contributed by atoms with Gasteiger partial charge in [0.25, 0.3) is 0 Å². The lowest BCUT2D eigenvalue weighted by Gasteiger charge is -2.32. The number of carbonyl (C=O) groups excluding carboxylic acids is 1. The van der Waals surface area contributed by atoms with Crippen LogP contribution in [0.3, 0.4) is 0 Å². The highest BCUT2D eigenvalue weighted by molar-refractivity contribution is 5.77. The second-order valence-electron chi connectivity index (χ2n) is 6.37. The Hall–Kier alpha value is -1.55. The summed E-state index contributed by atoms with van der Waals surface area (Å²) in [4.78, 5) is 12.4. The molecule has 2 unspecified atom stereocenters. The van der Waals surface area contributed by atoms with E-state index < -0.39 is 5.41 Å². The Kier molecular flexibility index (Phi) is 3.89. The lowest BCUT2D eigenvalue weighted by atomic mass is 9.74. The van der Waals surface area contributed by atoms with Crippen molar-refractivity contribution < 1.29 is 14.3 Å². The Labute approximate surface area is 125 Å². The van der Waals surface area contributed by atoms with E-state index >= 15 is 0 Å². The fourth-order valence-electron chi connectivity index (χ4n) is 3.46. The van der Waals surface area contributed by atoms with Crippen LogP contribution >= 0.6 is 0 Å². The molecule has 21 heavy (non-hydrogen) atoms. The van der Waals surface area contributed by atoms with Crippen LogP contribution in [0.15, 0.2) is 24.3 Å². The van der Waals surface area contributed by atoms with E-state index in [1.54, 1.807) is 0 Å². The van der Waals surface area contributed by atoms with Gasteiger partial charge in [-0.15, -0.1) is 0 Å². The molecule has 1 aliphatic carbocycles. The summed E-state index contributed by atoms with van der Waals surface area (Å²) in [6.45, 7) is 0.970. The summed E-state index contributed by atoms with van der Waals surface area (Å²) in [6, 6.07) is 8.06. The maximum absolute atomic E-state index is 12.4. The number of methoxy groups -OCH3 is 1. The van der Waals surface area contributed by atoms with Gasteiger partial charge in [-0.1, -0.05) is 31.0 Å². The van der Waals surface area contributed by atoms with Crippen LogP contribution in [0, 0.1) is 11.3 Å². The fraction of sp³-hybridized carbons (Fsp3) is 0.588. The minimum atomic E-state index is -0.568. The van der Waals surface area contributed by atoms with Gasteiger partial charge in [0.05, 0.1) is 19.1 Å². The first kappa shape index (κ1) is 14.4. The largest absolute Gasteiger partial charge is 0.493 e. The predicted octanol–water partition coefficient (Wildman–Crippen LogP) is 2.47. The first-order valence-corrected chi connectivity index (χ1v) is 7.69. The second-order valence-corrected chi connectivity index (χ2v) is 6.37. The number of fused-ring (bicyclic) bond motifs is 1. The number of nitrogens with two attached hydrogens (primary N) is 1. The standard InChI is InChI=1S/C17H23NO3/c1-20-16(19)17(11-18,8-12-6-7-12)9-13-10-21-15-5-3-2-4-14(13)15/h2-5,12-13H,6-11,18H2,1H3. The molecule has 0 bridgehead atoms. The first-order chi connectivity index (χ1) is 10.2. The molecule has 1 aliphatic heterocycles. The molecule has 0 aromatic heterocycles. The molecule has 1 saturated carbocycles. The third-order valence-electron chi connectivity index (χ3n) is 4.82. The SMILES string of the molecule is COC(=O)C(CN)(CC1CC1)CC1COc2ccccc21. The quantitative estimate of drug-likeness (QED) is 0.817. The second kappa shape index (κ2) is 5.68. The van der Waals surface area contributed by atoms with Crippen LogP contribution in [-0.2, 0) is 9.53 Å².